The lowest BCUT2D eigenvalue weighted by atomic mass is 10.1. The van der Waals surface area contributed by atoms with Crippen LogP contribution in [0.15, 0.2) is 86.4 Å². The number of ether oxygens (including phenoxy) is 2. The topological polar surface area (TPSA) is 90.9 Å². The Bertz CT molecular complexity index is 1560. The lowest BCUT2D eigenvalue weighted by Crippen LogP contribution is -2.11. The highest BCUT2D eigenvalue weighted by Gasteiger charge is 2.16. The van der Waals surface area contributed by atoms with Crippen LogP contribution in [0.3, 0.4) is 0 Å². The minimum Gasteiger partial charge on any atom is -0.494 e. The molecule has 0 atom stereocenters. The second kappa shape index (κ2) is 8.78. The van der Waals surface area contributed by atoms with Crippen LogP contribution in [0, 0.1) is 0 Å². The summed E-state index contributed by atoms with van der Waals surface area (Å²) in [4.78, 5) is 25.5. The highest BCUT2D eigenvalue weighted by atomic mass is 16.5. The highest BCUT2D eigenvalue weighted by Crippen LogP contribution is 2.29. The molecule has 0 bridgehead atoms. The van der Waals surface area contributed by atoms with E-state index in [1.54, 1.807) is 37.4 Å². The molecule has 2 heterocycles. The van der Waals surface area contributed by atoms with Crippen LogP contribution in [0.25, 0.3) is 33.3 Å². The summed E-state index contributed by atoms with van der Waals surface area (Å²) in [5, 5.41) is 3.97. The average molecular weight is 455 g/mol. The van der Waals surface area contributed by atoms with Gasteiger partial charge in [-0.15, -0.1) is 0 Å². The van der Waals surface area contributed by atoms with Crippen molar-refractivity contribution in [3.63, 3.8) is 0 Å². The Balaban J connectivity index is 1.45. The molecule has 0 radical (unpaired) electrons. The molecule has 5 aromatic rings. The lowest BCUT2D eigenvalue weighted by molar-refractivity contribution is 0.0998. The molecular weight excluding hydrogens is 434 g/mol. The second-order valence-electron chi connectivity index (χ2n) is 7.59. The minimum absolute atomic E-state index is 0.143. The van der Waals surface area contributed by atoms with Crippen LogP contribution in [0.5, 0.6) is 11.5 Å². The fraction of sp³-hybridized carbons (Fsp3) is 0.111. The third kappa shape index (κ3) is 3.99. The van der Waals surface area contributed by atoms with Gasteiger partial charge >= 0.3 is 0 Å². The van der Waals surface area contributed by atoms with Gasteiger partial charge in [0.25, 0.3) is 5.91 Å². The number of amides is 1. The van der Waals surface area contributed by atoms with E-state index in [0.717, 1.165) is 16.7 Å². The largest absolute Gasteiger partial charge is 0.494 e. The summed E-state index contributed by atoms with van der Waals surface area (Å²) in [5.41, 5.74) is 1.90. The summed E-state index contributed by atoms with van der Waals surface area (Å²) < 4.78 is 22.5. The molecule has 1 N–H and O–H groups in total. The van der Waals surface area contributed by atoms with Gasteiger partial charge in [-0.05, 0) is 55.5 Å². The molecule has 0 aliphatic rings. The zero-order valence-electron chi connectivity index (χ0n) is 18.6. The van der Waals surface area contributed by atoms with Crippen molar-refractivity contribution in [3.8, 4) is 22.8 Å². The number of anilines is 1. The normalized spacial score (nSPS) is 11.0. The number of nitrogens with one attached hydrogen (secondary N) is 1. The van der Waals surface area contributed by atoms with Gasteiger partial charge in [0.1, 0.15) is 17.1 Å². The molecule has 7 heteroatoms. The van der Waals surface area contributed by atoms with E-state index in [2.05, 4.69) is 5.32 Å². The zero-order chi connectivity index (χ0) is 23.7. The van der Waals surface area contributed by atoms with Crippen molar-refractivity contribution in [3.05, 3.63) is 88.8 Å². The second-order valence-corrected chi connectivity index (χ2v) is 7.59. The predicted octanol–water partition coefficient (Wildman–Crippen LogP) is 5.87. The summed E-state index contributed by atoms with van der Waals surface area (Å²) in [7, 11) is 1.54. The van der Waals surface area contributed by atoms with Gasteiger partial charge in [0.05, 0.1) is 19.1 Å². The molecule has 0 fully saturated rings. The summed E-state index contributed by atoms with van der Waals surface area (Å²) in [6.07, 6.45) is 0. The first-order valence-electron chi connectivity index (χ1n) is 10.7. The number of para-hydroxylation sites is 1. The lowest BCUT2D eigenvalue weighted by Gasteiger charge is -2.07. The molecule has 2 aromatic heterocycles. The van der Waals surface area contributed by atoms with E-state index in [1.165, 1.54) is 6.07 Å². The summed E-state index contributed by atoms with van der Waals surface area (Å²) >= 11 is 0. The molecule has 0 unspecified atom stereocenters. The fourth-order valence-electron chi connectivity index (χ4n) is 3.76. The van der Waals surface area contributed by atoms with Crippen molar-refractivity contribution in [2.75, 3.05) is 19.0 Å². The Kier molecular flexibility index (Phi) is 5.51. The van der Waals surface area contributed by atoms with Crippen molar-refractivity contribution in [1.82, 2.24) is 0 Å². The van der Waals surface area contributed by atoms with Gasteiger partial charge in [-0.25, -0.2) is 0 Å². The van der Waals surface area contributed by atoms with Crippen LogP contribution in [0.1, 0.15) is 17.5 Å². The monoisotopic (exact) mass is 455 g/mol. The van der Waals surface area contributed by atoms with Gasteiger partial charge < -0.3 is 23.6 Å². The third-order valence-electron chi connectivity index (χ3n) is 5.39. The molecule has 1 amide bonds. The Hall–Kier alpha value is -4.52. The Labute approximate surface area is 194 Å². The molecule has 170 valence electrons. The number of rotatable bonds is 6. The Morgan fingerprint density at radius 1 is 0.971 bits per heavy atom. The van der Waals surface area contributed by atoms with Gasteiger partial charge in [0.15, 0.2) is 22.5 Å². The van der Waals surface area contributed by atoms with E-state index < -0.39 is 5.91 Å². The van der Waals surface area contributed by atoms with Gasteiger partial charge in [-0.2, -0.15) is 0 Å². The molecule has 3 aromatic carbocycles. The summed E-state index contributed by atoms with van der Waals surface area (Å²) in [5.74, 6) is 1.42. The van der Waals surface area contributed by atoms with E-state index >= 15 is 0 Å². The molecule has 5 rings (SSSR count). The van der Waals surface area contributed by atoms with E-state index in [0.29, 0.717) is 40.4 Å². The molecule has 7 nitrogen and oxygen atoms in total. The fourth-order valence-corrected chi connectivity index (χ4v) is 3.76. The number of methoxy groups -OCH3 is 1. The first-order chi connectivity index (χ1) is 16.6. The molecule has 0 spiro atoms. The standard InChI is InChI=1S/C27H21NO6/c1-3-32-19-10-7-16(8-11-19)23-15-21(29)20-12-9-18(14-24(20)33-23)28-27(30)25-13-17-5-4-6-22(31-2)26(17)34-25/h4-15H,3H2,1-2H3,(H,28,30). The molecule has 0 saturated heterocycles. The van der Waals surface area contributed by atoms with Crippen LogP contribution in [-0.4, -0.2) is 19.6 Å². The summed E-state index contributed by atoms with van der Waals surface area (Å²) in [6.45, 7) is 2.48. The average Bonchev–Trinajstić information content (AvgIpc) is 3.29. The number of fused-ring (bicyclic) bond motifs is 2. The van der Waals surface area contributed by atoms with Crippen LogP contribution in [-0.2, 0) is 0 Å². The maximum atomic E-state index is 12.8. The number of hydrogen-bond acceptors (Lipinski definition) is 6. The maximum absolute atomic E-state index is 12.8. The zero-order valence-corrected chi connectivity index (χ0v) is 18.6. The smallest absolute Gasteiger partial charge is 0.291 e. The first-order valence-corrected chi connectivity index (χ1v) is 10.7. The van der Waals surface area contributed by atoms with E-state index in [1.807, 2.05) is 43.3 Å². The van der Waals surface area contributed by atoms with Crippen molar-refractivity contribution >= 4 is 33.5 Å². The van der Waals surface area contributed by atoms with Crippen molar-refractivity contribution in [2.24, 2.45) is 0 Å². The first kappa shape index (κ1) is 21.3. The van der Waals surface area contributed by atoms with Crippen molar-refractivity contribution in [2.45, 2.75) is 6.92 Å². The predicted molar refractivity (Wildman–Crippen MR) is 130 cm³/mol. The van der Waals surface area contributed by atoms with Crippen molar-refractivity contribution in [1.29, 1.82) is 0 Å². The van der Waals surface area contributed by atoms with Gasteiger partial charge in [0, 0.05) is 28.8 Å². The molecule has 0 aliphatic heterocycles. The SMILES string of the molecule is CCOc1ccc(-c2cc(=O)c3ccc(NC(=O)c4cc5cccc(OC)c5o4)cc3o2)cc1. The van der Waals surface area contributed by atoms with Gasteiger partial charge in [-0.3, -0.25) is 9.59 Å². The highest BCUT2D eigenvalue weighted by molar-refractivity contribution is 6.05. The number of carbonyl (C=O) groups is 1. The number of benzene rings is 3. The Morgan fingerprint density at radius 2 is 1.79 bits per heavy atom. The van der Waals surface area contributed by atoms with Crippen molar-refractivity contribution < 1.29 is 23.1 Å². The van der Waals surface area contributed by atoms with E-state index in [-0.39, 0.29) is 11.2 Å². The molecule has 0 saturated carbocycles. The maximum Gasteiger partial charge on any atom is 0.291 e. The van der Waals surface area contributed by atoms with E-state index in [9.17, 15) is 9.59 Å². The van der Waals surface area contributed by atoms with E-state index in [4.69, 9.17) is 18.3 Å². The summed E-state index contributed by atoms with van der Waals surface area (Å²) in [6, 6.07) is 20.7. The number of furan rings is 1. The number of carbonyl (C=O) groups excluding carboxylic acids is 1. The third-order valence-corrected chi connectivity index (χ3v) is 5.39. The quantitative estimate of drug-likeness (QED) is 0.345. The van der Waals surface area contributed by atoms with Crippen LogP contribution < -0.4 is 20.2 Å². The van der Waals surface area contributed by atoms with Crippen LogP contribution in [0.4, 0.5) is 5.69 Å². The molecular formula is C27H21NO6. The van der Waals surface area contributed by atoms with Crippen LogP contribution in [0.2, 0.25) is 0 Å². The Morgan fingerprint density at radius 3 is 2.56 bits per heavy atom. The minimum atomic E-state index is -0.428. The van der Waals surface area contributed by atoms with Gasteiger partial charge in [-0.1, -0.05) is 12.1 Å². The number of hydrogen-bond donors (Lipinski definition) is 1. The van der Waals surface area contributed by atoms with Gasteiger partial charge in [0.2, 0.25) is 0 Å². The molecule has 0 aliphatic carbocycles. The molecule has 34 heavy (non-hydrogen) atoms. The van der Waals surface area contributed by atoms with Crippen LogP contribution >= 0.6 is 0 Å².